The molecule has 1 aromatic carbocycles. The van der Waals surface area contributed by atoms with Gasteiger partial charge in [-0.25, -0.2) is 4.98 Å². The Morgan fingerprint density at radius 3 is 2.86 bits per heavy atom. The fourth-order valence-electron chi connectivity index (χ4n) is 4.57. The minimum absolute atomic E-state index is 0.0407. The van der Waals surface area contributed by atoms with Crippen molar-refractivity contribution < 1.29 is 14.3 Å². The molecule has 1 fully saturated rings. The van der Waals surface area contributed by atoms with Crippen LogP contribution in [0.4, 0.5) is 0 Å². The predicted octanol–water partition coefficient (Wildman–Crippen LogP) is 2.07. The summed E-state index contributed by atoms with van der Waals surface area (Å²) in [6.07, 6.45) is 7.52. The van der Waals surface area contributed by atoms with Crippen LogP contribution in [0.25, 0.3) is 0 Å². The molecule has 7 heteroatoms. The Morgan fingerprint density at radius 2 is 2.11 bits per heavy atom. The highest BCUT2D eigenvalue weighted by atomic mass is 16.5. The van der Waals surface area contributed by atoms with Crippen molar-refractivity contribution in [2.24, 2.45) is 0 Å². The van der Waals surface area contributed by atoms with Gasteiger partial charge in [0.15, 0.2) is 0 Å². The molecular formula is C21H28N4O3. The molecule has 1 aliphatic carbocycles. The van der Waals surface area contributed by atoms with Crippen LogP contribution in [0, 0.1) is 0 Å². The van der Waals surface area contributed by atoms with Crippen molar-refractivity contribution in [1.82, 2.24) is 20.6 Å². The molecule has 0 radical (unpaired) electrons. The third-order valence-electron chi connectivity index (χ3n) is 5.99. The molecule has 1 saturated carbocycles. The number of amides is 1. The Kier molecular flexibility index (Phi) is 5.26. The van der Waals surface area contributed by atoms with E-state index in [0.717, 1.165) is 41.3 Å². The Labute approximate surface area is 165 Å². The number of nitrogens with one attached hydrogen (secondary N) is 3. The Hall–Kier alpha value is -2.54. The van der Waals surface area contributed by atoms with Gasteiger partial charge in [0.05, 0.1) is 37.8 Å². The van der Waals surface area contributed by atoms with E-state index < -0.39 is 0 Å². The largest absolute Gasteiger partial charge is 0.497 e. The van der Waals surface area contributed by atoms with Gasteiger partial charge in [0, 0.05) is 24.7 Å². The average Bonchev–Trinajstić information content (AvgIpc) is 3.38. The number of hydrogen-bond acceptors (Lipinski definition) is 5. The molecule has 1 atom stereocenters. The van der Waals surface area contributed by atoms with Gasteiger partial charge in [-0.3, -0.25) is 10.1 Å². The monoisotopic (exact) mass is 384 g/mol. The van der Waals surface area contributed by atoms with Gasteiger partial charge in [-0.15, -0.1) is 0 Å². The number of aromatic nitrogens is 2. The highest BCUT2D eigenvalue weighted by molar-refractivity contribution is 5.82. The van der Waals surface area contributed by atoms with Crippen molar-refractivity contribution in [3.05, 3.63) is 41.5 Å². The van der Waals surface area contributed by atoms with Crippen molar-refractivity contribution in [3.63, 3.8) is 0 Å². The fraction of sp³-hybridized carbons (Fsp3) is 0.524. The molecule has 0 bridgehead atoms. The molecule has 4 rings (SSSR count). The number of benzene rings is 1. The number of aromatic amines is 1. The molecule has 150 valence electrons. The van der Waals surface area contributed by atoms with Crippen LogP contribution in [0.5, 0.6) is 11.5 Å². The van der Waals surface area contributed by atoms with Crippen LogP contribution in [0.2, 0.25) is 0 Å². The summed E-state index contributed by atoms with van der Waals surface area (Å²) in [7, 11) is 3.28. The summed E-state index contributed by atoms with van der Waals surface area (Å²) in [5, 5.41) is 6.71. The van der Waals surface area contributed by atoms with Gasteiger partial charge in [0.25, 0.3) is 0 Å². The normalized spacial score (nSPS) is 20.0. The third-order valence-corrected chi connectivity index (χ3v) is 5.99. The molecule has 0 unspecified atom stereocenters. The van der Waals surface area contributed by atoms with Crippen LogP contribution in [0.15, 0.2) is 24.5 Å². The first kappa shape index (κ1) is 18.8. The standard InChI is InChI=1S/C21H28N4O3/c1-27-15-6-5-14(18(11-15)28-2)7-10-22-20(26)17-12-16-19(24-13-23-16)21(25-17)8-3-4-9-21/h5-6,11,13,17,25H,3-4,7-10,12H2,1-2H3,(H,22,26)(H,23,24)/t17-/m0/s1. The lowest BCUT2D eigenvalue weighted by Crippen LogP contribution is -2.57. The van der Waals surface area contributed by atoms with E-state index in [0.29, 0.717) is 19.4 Å². The van der Waals surface area contributed by atoms with Crippen LogP contribution in [-0.4, -0.2) is 42.7 Å². The first-order valence-electron chi connectivity index (χ1n) is 9.94. The lowest BCUT2D eigenvalue weighted by Gasteiger charge is -2.38. The molecule has 3 N–H and O–H groups in total. The van der Waals surface area contributed by atoms with E-state index in [4.69, 9.17) is 9.47 Å². The van der Waals surface area contributed by atoms with Crippen LogP contribution >= 0.6 is 0 Å². The molecule has 2 heterocycles. The lowest BCUT2D eigenvalue weighted by atomic mass is 9.84. The maximum Gasteiger partial charge on any atom is 0.237 e. The fourth-order valence-corrected chi connectivity index (χ4v) is 4.57. The molecule has 2 aromatic rings. The Balaban J connectivity index is 1.38. The summed E-state index contributed by atoms with van der Waals surface area (Å²) in [5.41, 5.74) is 3.10. The second-order valence-electron chi connectivity index (χ2n) is 7.64. The van der Waals surface area contributed by atoms with Gasteiger partial charge in [-0.2, -0.15) is 0 Å². The number of methoxy groups -OCH3 is 2. The smallest absolute Gasteiger partial charge is 0.237 e. The minimum atomic E-state index is -0.233. The molecule has 1 spiro atoms. The SMILES string of the molecule is COc1ccc(CCNC(=O)[C@@H]2Cc3[nH]cnc3C3(CCCC3)N2)c(OC)c1. The van der Waals surface area contributed by atoms with Gasteiger partial charge < -0.3 is 19.8 Å². The van der Waals surface area contributed by atoms with E-state index >= 15 is 0 Å². The van der Waals surface area contributed by atoms with Gasteiger partial charge in [-0.05, 0) is 30.9 Å². The van der Waals surface area contributed by atoms with Gasteiger partial charge in [0.2, 0.25) is 5.91 Å². The topological polar surface area (TPSA) is 88.3 Å². The zero-order valence-corrected chi connectivity index (χ0v) is 16.5. The molecule has 1 aromatic heterocycles. The first-order chi connectivity index (χ1) is 13.6. The molecule has 28 heavy (non-hydrogen) atoms. The van der Waals surface area contributed by atoms with E-state index in [9.17, 15) is 4.79 Å². The Morgan fingerprint density at radius 1 is 1.29 bits per heavy atom. The number of ether oxygens (including phenoxy) is 2. The van der Waals surface area contributed by atoms with E-state index in [1.807, 2.05) is 18.2 Å². The number of hydrogen-bond donors (Lipinski definition) is 3. The number of imidazole rings is 1. The van der Waals surface area contributed by atoms with Crippen molar-refractivity contribution >= 4 is 5.91 Å². The van der Waals surface area contributed by atoms with E-state index in [1.54, 1.807) is 20.5 Å². The van der Waals surface area contributed by atoms with Crippen LogP contribution in [-0.2, 0) is 23.2 Å². The Bertz CT molecular complexity index is 842. The first-order valence-corrected chi connectivity index (χ1v) is 9.94. The third kappa shape index (κ3) is 3.46. The van der Waals surface area contributed by atoms with E-state index in [1.165, 1.54) is 12.8 Å². The number of nitrogens with zero attached hydrogens (tertiary/aromatic N) is 1. The summed E-state index contributed by atoms with van der Waals surface area (Å²) in [4.78, 5) is 20.6. The van der Waals surface area contributed by atoms with E-state index in [-0.39, 0.29) is 17.5 Å². The highest BCUT2D eigenvalue weighted by Gasteiger charge is 2.45. The van der Waals surface area contributed by atoms with Gasteiger partial charge in [0.1, 0.15) is 11.5 Å². The molecule has 1 aliphatic heterocycles. The number of fused-ring (bicyclic) bond motifs is 2. The molecule has 7 nitrogen and oxygen atoms in total. The summed E-state index contributed by atoms with van der Waals surface area (Å²) in [6.45, 7) is 0.558. The summed E-state index contributed by atoms with van der Waals surface area (Å²) >= 11 is 0. The summed E-state index contributed by atoms with van der Waals surface area (Å²) in [5.74, 6) is 1.57. The number of carbonyl (C=O) groups excluding carboxylic acids is 1. The van der Waals surface area contributed by atoms with Crippen LogP contribution in [0.1, 0.15) is 42.6 Å². The summed E-state index contributed by atoms with van der Waals surface area (Å²) < 4.78 is 10.7. The van der Waals surface area contributed by atoms with Gasteiger partial charge >= 0.3 is 0 Å². The number of carbonyl (C=O) groups is 1. The molecule has 2 aliphatic rings. The van der Waals surface area contributed by atoms with Gasteiger partial charge in [-0.1, -0.05) is 18.9 Å². The second kappa shape index (κ2) is 7.83. The van der Waals surface area contributed by atoms with Crippen LogP contribution in [0.3, 0.4) is 0 Å². The number of rotatable bonds is 6. The van der Waals surface area contributed by atoms with E-state index in [2.05, 4.69) is 20.6 Å². The maximum absolute atomic E-state index is 12.9. The predicted molar refractivity (Wildman–Crippen MR) is 106 cm³/mol. The zero-order chi connectivity index (χ0) is 19.6. The highest BCUT2D eigenvalue weighted by Crippen LogP contribution is 2.42. The van der Waals surface area contributed by atoms with Crippen LogP contribution < -0.4 is 20.1 Å². The van der Waals surface area contributed by atoms with Crippen molar-refractivity contribution in [2.75, 3.05) is 20.8 Å². The number of H-pyrrole nitrogens is 1. The maximum atomic E-state index is 12.9. The second-order valence-corrected chi connectivity index (χ2v) is 7.64. The summed E-state index contributed by atoms with van der Waals surface area (Å²) in [6, 6.07) is 5.52. The van der Waals surface area contributed by atoms with Crippen molar-refractivity contribution in [3.8, 4) is 11.5 Å². The average molecular weight is 384 g/mol. The lowest BCUT2D eigenvalue weighted by molar-refractivity contribution is -0.124. The quantitative estimate of drug-likeness (QED) is 0.710. The molecule has 0 saturated heterocycles. The minimum Gasteiger partial charge on any atom is -0.497 e. The molecule has 1 amide bonds. The van der Waals surface area contributed by atoms with Crippen molar-refractivity contribution in [2.45, 2.75) is 50.1 Å². The van der Waals surface area contributed by atoms with Crippen molar-refractivity contribution in [1.29, 1.82) is 0 Å². The molecular weight excluding hydrogens is 356 g/mol. The zero-order valence-electron chi connectivity index (χ0n) is 16.5.